The summed E-state index contributed by atoms with van der Waals surface area (Å²) in [5.74, 6) is -0.648. The molecule has 3 aromatic rings. The Labute approximate surface area is 183 Å². The first-order valence-electron chi connectivity index (χ1n) is 8.13. The molecule has 14 heteroatoms. The number of benzene rings is 2. The van der Waals surface area contributed by atoms with Crippen molar-refractivity contribution < 1.29 is 35.6 Å². The molecule has 31 heavy (non-hydrogen) atoms. The van der Waals surface area contributed by atoms with Crippen LogP contribution < -0.4 is 9.25 Å². The summed E-state index contributed by atoms with van der Waals surface area (Å²) >= 11 is 6.86. The van der Waals surface area contributed by atoms with Crippen LogP contribution in [0.25, 0.3) is 10.1 Å². The molecule has 0 radical (unpaired) electrons. The highest BCUT2D eigenvalue weighted by atomic mass is 35.5. The lowest BCUT2D eigenvalue weighted by atomic mass is 10.1. The van der Waals surface area contributed by atoms with Crippen molar-refractivity contribution in [3.63, 3.8) is 0 Å². The fourth-order valence-corrected chi connectivity index (χ4v) is 6.71. The fourth-order valence-electron chi connectivity index (χ4n) is 2.48. The van der Waals surface area contributed by atoms with E-state index in [4.69, 9.17) is 21.4 Å². The van der Waals surface area contributed by atoms with Gasteiger partial charge in [0, 0.05) is 0 Å². The van der Waals surface area contributed by atoms with E-state index in [0.29, 0.717) is 21.2 Å². The topological polar surface area (TPSA) is 116 Å². The molecule has 0 aliphatic carbocycles. The maximum atomic E-state index is 13.0. The molecule has 0 saturated carbocycles. The Morgan fingerprint density at radius 2 is 1.97 bits per heavy atom. The minimum atomic E-state index is -4.89. The standard InChI is InChI=1S/C17H11ClF3N2O5PS2/c18-14-3-1-2-10-6-15(30-16(10)14)31(26,27)23-9-29(24,25)28-12-5-4-11(8-22)13(7-12)17(19,20)21/h1-7,23H,9H2,(H,24,25). The predicted octanol–water partition coefficient (Wildman–Crippen LogP) is 4.95. The minimum Gasteiger partial charge on any atom is -0.424 e. The van der Waals surface area contributed by atoms with Crippen LogP contribution in [-0.4, -0.2) is 19.6 Å². The van der Waals surface area contributed by atoms with Crippen LogP contribution in [0.3, 0.4) is 0 Å². The maximum Gasteiger partial charge on any atom is 0.417 e. The van der Waals surface area contributed by atoms with Gasteiger partial charge in [0.2, 0.25) is 0 Å². The highest BCUT2D eigenvalue weighted by Gasteiger charge is 2.35. The van der Waals surface area contributed by atoms with E-state index in [1.807, 2.05) is 4.72 Å². The highest BCUT2D eigenvalue weighted by Crippen LogP contribution is 2.44. The number of hydrogen-bond acceptors (Lipinski definition) is 6. The van der Waals surface area contributed by atoms with Crippen molar-refractivity contribution in [2.24, 2.45) is 0 Å². The molecule has 3 rings (SSSR count). The second-order valence-electron chi connectivity index (χ2n) is 6.08. The van der Waals surface area contributed by atoms with Crippen LogP contribution >= 0.6 is 30.5 Å². The average molecular weight is 511 g/mol. The molecule has 0 bridgehead atoms. The molecule has 7 nitrogen and oxygen atoms in total. The van der Waals surface area contributed by atoms with Gasteiger partial charge in [-0.15, -0.1) is 11.3 Å². The lowest BCUT2D eigenvalue weighted by Gasteiger charge is -2.16. The maximum absolute atomic E-state index is 13.0. The summed E-state index contributed by atoms with van der Waals surface area (Å²) in [6.45, 7) is 0. The van der Waals surface area contributed by atoms with E-state index in [0.717, 1.165) is 23.5 Å². The minimum absolute atomic E-state index is 0.173. The van der Waals surface area contributed by atoms with Crippen LogP contribution in [0.1, 0.15) is 11.1 Å². The summed E-state index contributed by atoms with van der Waals surface area (Å²) in [5, 5.41) is 9.67. The molecule has 1 heterocycles. The first-order valence-corrected chi connectivity index (χ1v) is 12.6. The van der Waals surface area contributed by atoms with E-state index in [1.54, 1.807) is 18.2 Å². The van der Waals surface area contributed by atoms with Crippen LogP contribution in [0.5, 0.6) is 5.75 Å². The Kier molecular flexibility index (Phi) is 6.40. The molecule has 2 N–H and O–H groups in total. The first-order chi connectivity index (χ1) is 14.3. The number of sulfonamides is 1. The van der Waals surface area contributed by atoms with Gasteiger partial charge < -0.3 is 9.42 Å². The quantitative estimate of drug-likeness (QED) is 0.453. The second kappa shape index (κ2) is 8.43. The van der Waals surface area contributed by atoms with Crippen molar-refractivity contribution in [3.8, 4) is 11.8 Å². The average Bonchev–Trinajstić information content (AvgIpc) is 3.12. The number of thiophene rings is 1. The van der Waals surface area contributed by atoms with Gasteiger partial charge in [-0.05, 0) is 35.7 Å². The second-order valence-corrected chi connectivity index (χ2v) is 11.3. The Bertz CT molecular complexity index is 1350. The van der Waals surface area contributed by atoms with Crippen LogP contribution in [0.2, 0.25) is 5.02 Å². The van der Waals surface area contributed by atoms with Crippen molar-refractivity contribution in [1.82, 2.24) is 4.72 Å². The summed E-state index contributed by atoms with van der Waals surface area (Å²) < 4.78 is 83.2. The molecule has 164 valence electrons. The van der Waals surface area contributed by atoms with Crippen molar-refractivity contribution >= 4 is 50.6 Å². The predicted molar refractivity (Wildman–Crippen MR) is 109 cm³/mol. The van der Waals surface area contributed by atoms with Gasteiger partial charge in [-0.25, -0.2) is 13.0 Å². The Balaban J connectivity index is 1.78. The van der Waals surface area contributed by atoms with Gasteiger partial charge >= 0.3 is 13.8 Å². The Morgan fingerprint density at radius 1 is 1.26 bits per heavy atom. The molecular weight excluding hydrogens is 500 g/mol. The summed E-state index contributed by atoms with van der Waals surface area (Å²) in [6.07, 6.45) is -5.99. The zero-order chi connectivity index (χ0) is 23.0. The third-order valence-electron chi connectivity index (χ3n) is 3.86. The number of halogens is 4. The number of hydrogen-bond donors (Lipinski definition) is 2. The van der Waals surface area contributed by atoms with Crippen molar-refractivity contribution in [2.75, 3.05) is 6.29 Å². The van der Waals surface area contributed by atoms with Gasteiger partial charge in [0.15, 0.2) is 0 Å². The molecule has 0 aliphatic heterocycles. The van der Waals surface area contributed by atoms with Gasteiger partial charge in [-0.3, -0.25) is 0 Å². The number of alkyl halides is 3. The fraction of sp³-hybridized carbons (Fsp3) is 0.118. The number of nitriles is 1. The molecule has 1 aromatic heterocycles. The first kappa shape index (κ1) is 23.5. The largest absolute Gasteiger partial charge is 0.424 e. The zero-order valence-electron chi connectivity index (χ0n) is 15.1. The lowest BCUT2D eigenvalue weighted by Crippen LogP contribution is -2.25. The SMILES string of the molecule is N#Cc1ccc(OP(=O)(O)CNS(=O)(=O)c2cc3cccc(Cl)c3s2)cc1C(F)(F)F. The van der Waals surface area contributed by atoms with Crippen LogP contribution in [-0.2, 0) is 20.8 Å². The lowest BCUT2D eigenvalue weighted by molar-refractivity contribution is -0.137. The molecule has 1 unspecified atom stereocenters. The van der Waals surface area contributed by atoms with E-state index >= 15 is 0 Å². The summed E-state index contributed by atoms with van der Waals surface area (Å²) in [6, 6.07) is 9.61. The number of rotatable bonds is 6. The number of fused-ring (bicyclic) bond motifs is 1. The van der Waals surface area contributed by atoms with Gasteiger partial charge in [0.1, 0.15) is 16.2 Å². The van der Waals surface area contributed by atoms with E-state index < -0.39 is 47.0 Å². The van der Waals surface area contributed by atoms with Gasteiger partial charge in [-0.1, -0.05) is 23.7 Å². The zero-order valence-corrected chi connectivity index (χ0v) is 18.3. The van der Waals surface area contributed by atoms with Crippen molar-refractivity contribution in [2.45, 2.75) is 10.4 Å². The third-order valence-corrected chi connectivity index (χ3v) is 8.61. The summed E-state index contributed by atoms with van der Waals surface area (Å²) in [4.78, 5) is 9.92. The van der Waals surface area contributed by atoms with E-state index in [1.165, 1.54) is 12.1 Å². The van der Waals surface area contributed by atoms with Crippen LogP contribution in [0.15, 0.2) is 46.7 Å². The molecule has 2 aromatic carbocycles. The molecule has 1 atom stereocenters. The van der Waals surface area contributed by atoms with Crippen LogP contribution in [0, 0.1) is 11.3 Å². The van der Waals surface area contributed by atoms with Gasteiger partial charge in [-0.2, -0.15) is 23.2 Å². The Hall–Kier alpha value is -2.13. The summed E-state index contributed by atoms with van der Waals surface area (Å²) in [5.41, 5.74) is -2.05. The number of nitrogens with one attached hydrogen (secondary N) is 1. The van der Waals surface area contributed by atoms with Crippen molar-refractivity contribution in [3.05, 3.63) is 58.6 Å². The summed E-state index contributed by atoms with van der Waals surface area (Å²) in [7, 11) is -8.96. The molecule has 0 fully saturated rings. The Morgan fingerprint density at radius 3 is 2.58 bits per heavy atom. The molecule has 0 saturated heterocycles. The normalized spacial score (nSPS) is 14.2. The highest BCUT2D eigenvalue weighted by molar-refractivity contribution is 7.92. The van der Waals surface area contributed by atoms with E-state index in [2.05, 4.69) is 0 Å². The molecule has 0 aliphatic rings. The molecule has 0 amide bonds. The monoisotopic (exact) mass is 510 g/mol. The third kappa shape index (κ3) is 5.38. The molecule has 0 spiro atoms. The van der Waals surface area contributed by atoms with Crippen LogP contribution in [0.4, 0.5) is 13.2 Å². The molecular formula is C17H11ClF3N2O5PS2. The van der Waals surface area contributed by atoms with Gasteiger partial charge in [0.25, 0.3) is 10.0 Å². The van der Waals surface area contributed by atoms with E-state index in [9.17, 15) is 31.0 Å². The van der Waals surface area contributed by atoms with Crippen molar-refractivity contribution in [1.29, 1.82) is 5.26 Å². The number of nitrogens with zero attached hydrogens (tertiary/aromatic N) is 1. The van der Waals surface area contributed by atoms with Gasteiger partial charge in [0.05, 0.1) is 26.9 Å². The smallest absolute Gasteiger partial charge is 0.417 e. The van der Waals surface area contributed by atoms with E-state index in [-0.39, 0.29) is 4.21 Å².